The van der Waals surface area contributed by atoms with Crippen LogP contribution in [0, 0.1) is 6.92 Å². The number of piperidine rings is 1. The normalized spacial score (nSPS) is 14.7. The number of hydrogen-bond acceptors (Lipinski definition) is 4. The van der Waals surface area contributed by atoms with Gasteiger partial charge >= 0.3 is 11.9 Å². The summed E-state index contributed by atoms with van der Waals surface area (Å²) in [6, 6.07) is 16.6. The quantitative estimate of drug-likeness (QED) is 0.308. The molecular formula is C29H30F3N3O3. The molecule has 1 aliphatic heterocycles. The summed E-state index contributed by atoms with van der Waals surface area (Å²) in [5.41, 5.74) is 2.27. The molecule has 0 amide bonds. The number of hydrogen-bond donors (Lipinski definition) is 0. The Morgan fingerprint density at radius 2 is 1.55 bits per heavy atom. The average Bonchev–Trinajstić information content (AvgIpc) is 3.19. The molecule has 0 unspecified atom stereocenters. The summed E-state index contributed by atoms with van der Waals surface area (Å²) >= 11 is 0. The Hall–Kier alpha value is -3.88. The zero-order chi connectivity index (χ0) is 27.0. The van der Waals surface area contributed by atoms with E-state index in [0.29, 0.717) is 42.7 Å². The highest BCUT2D eigenvalue weighted by Gasteiger charge is 2.34. The molecule has 0 radical (unpaired) electrons. The lowest BCUT2D eigenvalue weighted by Gasteiger charge is -2.35. The van der Waals surface area contributed by atoms with Crippen molar-refractivity contribution in [2.75, 3.05) is 32.2 Å². The van der Waals surface area contributed by atoms with Crippen LogP contribution in [0.1, 0.15) is 35.6 Å². The van der Waals surface area contributed by atoms with Crippen molar-refractivity contribution < 1.29 is 22.6 Å². The van der Waals surface area contributed by atoms with Gasteiger partial charge in [-0.15, -0.1) is 0 Å². The molecule has 6 nitrogen and oxygen atoms in total. The minimum absolute atomic E-state index is 0.0357. The molecule has 0 bridgehead atoms. The lowest BCUT2D eigenvalue weighted by atomic mass is 10.0. The van der Waals surface area contributed by atoms with Crippen molar-refractivity contribution in [3.63, 3.8) is 0 Å². The lowest BCUT2D eigenvalue weighted by Crippen LogP contribution is -2.38. The van der Waals surface area contributed by atoms with Crippen LogP contribution in [0.25, 0.3) is 11.0 Å². The fourth-order valence-electron chi connectivity index (χ4n) is 5.62. The topological polar surface area (TPSA) is 48.6 Å². The highest BCUT2D eigenvalue weighted by molar-refractivity contribution is 5.83. The van der Waals surface area contributed by atoms with Gasteiger partial charge in [-0.2, -0.15) is 13.2 Å². The number of aromatic nitrogens is 2. The second-order valence-corrected chi connectivity index (χ2v) is 9.57. The van der Waals surface area contributed by atoms with Crippen LogP contribution in [0.2, 0.25) is 0 Å². The zero-order valence-corrected chi connectivity index (χ0v) is 21.6. The summed E-state index contributed by atoms with van der Waals surface area (Å²) in [6.45, 7) is 3.27. The molecule has 38 heavy (non-hydrogen) atoms. The van der Waals surface area contributed by atoms with Gasteiger partial charge in [-0.3, -0.25) is 9.13 Å². The highest BCUT2D eigenvalue weighted by atomic mass is 19.4. The van der Waals surface area contributed by atoms with Crippen molar-refractivity contribution in [1.82, 2.24) is 9.13 Å². The number of para-hydroxylation sites is 2. The fraction of sp³-hybridized carbons (Fsp3) is 0.345. The second kappa shape index (κ2) is 10.1. The van der Waals surface area contributed by atoms with Crippen LogP contribution in [-0.4, -0.2) is 36.4 Å². The minimum Gasteiger partial charge on any atom is -0.495 e. The number of halogens is 3. The van der Waals surface area contributed by atoms with Gasteiger partial charge in [0.25, 0.3) is 0 Å². The number of alkyl halides is 3. The zero-order valence-electron chi connectivity index (χ0n) is 21.6. The number of aryl methyl sites for hydroxylation is 1. The van der Waals surface area contributed by atoms with Crippen LogP contribution in [-0.2, 0) is 12.7 Å². The maximum Gasteiger partial charge on any atom is 0.416 e. The molecular weight excluding hydrogens is 495 g/mol. The third-order valence-electron chi connectivity index (χ3n) is 7.38. The number of imidazole rings is 1. The largest absolute Gasteiger partial charge is 0.495 e. The molecule has 1 saturated heterocycles. The van der Waals surface area contributed by atoms with E-state index in [-0.39, 0.29) is 23.8 Å². The molecule has 3 aromatic carbocycles. The van der Waals surface area contributed by atoms with Crippen molar-refractivity contribution in [2.24, 2.45) is 0 Å². The number of fused-ring (bicyclic) bond motifs is 1. The van der Waals surface area contributed by atoms with E-state index in [2.05, 4.69) is 4.90 Å². The van der Waals surface area contributed by atoms with E-state index in [1.54, 1.807) is 29.9 Å². The first kappa shape index (κ1) is 25.8. The van der Waals surface area contributed by atoms with E-state index in [9.17, 15) is 18.0 Å². The van der Waals surface area contributed by atoms with Gasteiger partial charge in [0.15, 0.2) is 0 Å². The summed E-state index contributed by atoms with van der Waals surface area (Å²) in [4.78, 5) is 16.2. The van der Waals surface area contributed by atoms with Crippen LogP contribution in [0.4, 0.5) is 18.9 Å². The standard InChI is InChI=1S/C29H30F3N3O3/c1-19-8-6-12-24(37-2)26(19)33-16-14-21(15-17-33)35-23-11-7-13-25(38-3)27(23)34(28(35)36)18-20-9-4-5-10-22(20)29(30,31)32/h4-13,21H,14-18H2,1-3H3. The Balaban J connectivity index is 1.54. The van der Waals surface area contributed by atoms with Gasteiger partial charge in [-0.05, 0) is 55.2 Å². The maximum atomic E-state index is 13.9. The van der Waals surface area contributed by atoms with Gasteiger partial charge < -0.3 is 14.4 Å². The fourth-order valence-corrected chi connectivity index (χ4v) is 5.62. The number of ether oxygens (including phenoxy) is 2. The molecule has 0 aliphatic carbocycles. The molecule has 2 heterocycles. The third-order valence-corrected chi connectivity index (χ3v) is 7.38. The second-order valence-electron chi connectivity index (χ2n) is 9.57. The molecule has 0 atom stereocenters. The van der Waals surface area contributed by atoms with Gasteiger partial charge in [0.2, 0.25) is 0 Å². The van der Waals surface area contributed by atoms with Crippen molar-refractivity contribution in [3.8, 4) is 11.5 Å². The Morgan fingerprint density at radius 1 is 0.895 bits per heavy atom. The first-order chi connectivity index (χ1) is 18.2. The number of nitrogens with zero attached hydrogens (tertiary/aromatic N) is 3. The monoisotopic (exact) mass is 525 g/mol. The molecule has 1 aromatic heterocycles. The summed E-state index contributed by atoms with van der Waals surface area (Å²) in [7, 11) is 3.16. The predicted molar refractivity (Wildman–Crippen MR) is 142 cm³/mol. The number of benzene rings is 3. The Labute approximate surface area is 218 Å². The number of methoxy groups -OCH3 is 2. The SMILES string of the molecule is COc1cccc(C)c1N1CCC(n2c(=O)n(Cc3ccccc3C(F)(F)F)c3c(OC)cccc32)CC1. The van der Waals surface area contributed by atoms with Crippen LogP contribution in [0.5, 0.6) is 11.5 Å². The van der Waals surface area contributed by atoms with Gasteiger partial charge in [-0.1, -0.05) is 36.4 Å². The van der Waals surface area contributed by atoms with Crippen molar-refractivity contribution >= 4 is 16.7 Å². The van der Waals surface area contributed by atoms with Gasteiger partial charge in [0.1, 0.15) is 17.0 Å². The first-order valence-electron chi connectivity index (χ1n) is 12.6. The van der Waals surface area contributed by atoms with Gasteiger partial charge in [-0.25, -0.2) is 4.79 Å². The molecule has 1 fully saturated rings. The van der Waals surface area contributed by atoms with Crippen molar-refractivity contribution in [1.29, 1.82) is 0 Å². The first-order valence-corrected chi connectivity index (χ1v) is 12.6. The van der Waals surface area contributed by atoms with Crippen molar-refractivity contribution in [3.05, 3.63) is 87.8 Å². The molecule has 4 aromatic rings. The smallest absolute Gasteiger partial charge is 0.416 e. The number of anilines is 1. The van der Waals surface area contributed by atoms with Gasteiger partial charge in [0, 0.05) is 19.1 Å². The van der Waals surface area contributed by atoms with E-state index in [1.807, 2.05) is 31.2 Å². The minimum atomic E-state index is -4.52. The van der Waals surface area contributed by atoms with E-state index in [0.717, 1.165) is 23.1 Å². The third kappa shape index (κ3) is 4.50. The average molecular weight is 526 g/mol. The Kier molecular flexibility index (Phi) is 6.86. The Bertz CT molecular complexity index is 1520. The van der Waals surface area contributed by atoms with E-state index in [1.165, 1.54) is 23.8 Å². The molecule has 200 valence electrons. The molecule has 0 spiro atoms. The predicted octanol–water partition coefficient (Wildman–Crippen LogP) is 6.04. The van der Waals surface area contributed by atoms with Gasteiger partial charge in [0.05, 0.1) is 37.5 Å². The van der Waals surface area contributed by atoms with Crippen LogP contribution < -0.4 is 20.1 Å². The molecule has 5 rings (SSSR count). The Morgan fingerprint density at radius 3 is 2.24 bits per heavy atom. The van der Waals surface area contributed by atoms with Crippen LogP contribution >= 0.6 is 0 Å². The van der Waals surface area contributed by atoms with Crippen molar-refractivity contribution in [2.45, 2.75) is 38.5 Å². The summed E-state index contributed by atoms with van der Waals surface area (Å²) in [5.74, 6) is 1.26. The van der Waals surface area contributed by atoms with E-state index in [4.69, 9.17) is 9.47 Å². The molecule has 0 N–H and O–H groups in total. The summed E-state index contributed by atoms with van der Waals surface area (Å²) in [6.07, 6.45) is -3.12. The van der Waals surface area contributed by atoms with E-state index >= 15 is 0 Å². The number of rotatable bonds is 6. The van der Waals surface area contributed by atoms with Crippen LogP contribution in [0.3, 0.4) is 0 Å². The van der Waals surface area contributed by atoms with E-state index < -0.39 is 11.7 Å². The summed E-state index contributed by atoms with van der Waals surface area (Å²) in [5, 5.41) is 0. The lowest BCUT2D eigenvalue weighted by molar-refractivity contribution is -0.138. The maximum absolute atomic E-state index is 13.9. The molecule has 9 heteroatoms. The highest BCUT2D eigenvalue weighted by Crippen LogP contribution is 2.37. The molecule has 0 saturated carbocycles. The van der Waals surface area contributed by atoms with Crippen LogP contribution in [0.15, 0.2) is 65.5 Å². The summed E-state index contributed by atoms with van der Waals surface area (Å²) < 4.78 is 55.5. The molecule has 1 aliphatic rings.